The molecule has 2 heterocycles. The highest BCUT2D eigenvalue weighted by Crippen LogP contribution is 2.43. The summed E-state index contributed by atoms with van der Waals surface area (Å²) in [7, 11) is 0. The molecular formula is C20H23NO. The first-order chi connectivity index (χ1) is 10.8. The molecule has 0 spiro atoms. The molecule has 1 unspecified atom stereocenters. The van der Waals surface area contributed by atoms with Crippen molar-refractivity contribution in [3.63, 3.8) is 0 Å². The lowest BCUT2D eigenvalue weighted by molar-refractivity contribution is 0.0188. The smallest absolute Gasteiger partial charge is 0.0606 e. The number of piperidine rings is 1. The van der Waals surface area contributed by atoms with Gasteiger partial charge in [0.2, 0.25) is 0 Å². The van der Waals surface area contributed by atoms with Crippen LogP contribution in [-0.4, -0.2) is 28.2 Å². The number of rotatable bonds is 3. The number of aliphatic hydroxyl groups is 1. The number of nitrogens with zero attached hydrogens (tertiary/aromatic N) is 1. The Hall–Kier alpha value is -1.64. The lowest BCUT2D eigenvalue weighted by Crippen LogP contribution is -2.46. The second kappa shape index (κ2) is 5.86. The van der Waals surface area contributed by atoms with Crippen molar-refractivity contribution in [3.8, 4) is 0 Å². The highest BCUT2D eigenvalue weighted by Gasteiger charge is 2.44. The summed E-state index contributed by atoms with van der Waals surface area (Å²) in [5, 5.41) is 10.1. The van der Waals surface area contributed by atoms with Crippen LogP contribution in [0.15, 0.2) is 60.7 Å². The van der Waals surface area contributed by atoms with Crippen molar-refractivity contribution in [1.82, 2.24) is 4.90 Å². The monoisotopic (exact) mass is 293 g/mol. The van der Waals surface area contributed by atoms with Gasteiger partial charge in [-0.25, -0.2) is 0 Å². The van der Waals surface area contributed by atoms with E-state index in [0.29, 0.717) is 18.1 Å². The zero-order chi connectivity index (χ0) is 14.9. The van der Waals surface area contributed by atoms with E-state index in [1.807, 2.05) is 0 Å². The SMILES string of the molecule is OC1C[C@H]2CC[C@@H](C1)N2C(c1ccccc1)c1ccccc1. The van der Waals surface area contributed by atoms with Crippen molar-refractivity contribution in [3.05, 3.63) is 71.8 Å². The first-order valence-electron chi connectivity index (χ1n) is 8.38. The van der Waals surface area contributed by atoms with E-state index in [4.69, 9.17) is 0 Å². The molecule has 2 fully saturated rings. The molecule has 2 aromatic rings. The van der Waals surface area contributed by atoms with Gasteiger partial charge in [0.05, 0.1) is 12.1 Å². The molecular weight excluding hydrogens is 270 g/mol. The Kier molecular flexibility index (Phi) is 3.73. The summed E-state index contributed by atoms with van der Waals surface area (Å²) >= 11 is 0. The van der Waals surface area contributed by atoms with E-state index in [9.17, 15) is 5.11 Å². The van der Waals surface area contributed by atoms with Gasteiger partial charge in [-0.3, -0.25) is 4.90 Å². The van der Waals surface area contributed by atoms with Crippen molar-refractivity contribution in [1.29, 1.82) is 0 Å². The van der Waals surface area contributed by atoms with Crippen LogP contribution in [0.5, 0.6) is 0 Å². The van der Waals surface area contributed by atoms with Crippen LogP contribution in [0.2, 0.25) is 0 Å². The minimum Gasteiger partial charge on any atom is -0.393 e. The van der Waals surface area contributed by atoms with E-state index < -0.39 is 0 Å². The highest BCUT2D eigenvalue weighted by molar-refractivity contribution is 5.33. The Morgan fingerprint density at radius 3 is 1.68 bits per heavy atom. The van der Waals surface area contributed by atoms with Crippen LogP contribution in [-0.2, 0) is 0 Å². The summed E-state index contributed by atoms with van der Waals surface area (Å²) in [6.45, 7) is 0. The van der Waals surface area contributed by atoms with Gasteiger partial charge >= 0.3 is 0 Å². The normalized spacial score (nSPS) is 28.2. The number of benzene rings is 2. The van der Waals surface area contributed by atoms with Crippen LogP contribution in [0.3, 0.4) is 0 Å². The van der Waals surface area contributed by atoms with E-state index in [1.165, 1.54) is 24.0 Å². The van der Waals surface area contributed by atoms with Crippen molar-refractivity contribution >= 4 is 0 Å². The van der Waals surface area contributed by atoms with Gasteiger partial charge in [0.25, 0.3) is 0 Å². The fourth-order valence-corrected chi connectivity index (χ4v) is 4.41. The molecule has 0 radical (unpaired) electrons. The van der Waals surface area contributed by atoms with E-state index in [1.54, 1.807) is 0 Å². The van der Waals surface area contributed by atoms with Crippen molar-refractivity contribution < 1.29 is 5.11 Å². The molecule has 0 saturated carbocycles. The third-order valence-electron chi connectivity index (χ3n) is 5.29. The van der Waals surface area contributed by atoms with Crippen molar-refractivity contribution in [2.45, 2.75) is 49.9 Å². The molecule has 3 atom stereocenters. The molecule has 4 rings (SSSR count). The Bertz CT molecular complexity index is 559. The maximum atomic E-state index is 10.1. The maximum absolute atomic E-state index is 10.1. The molecule has 2 aromatic carbocycles. The van der Waals surface area contributed by atoms with Crippen LogP contribution >= 0.6 is 0 Å². The lowest BCUT2D eigenvalue weighted by atomic mass is 9.91. The first kappa shape index (κ1) is 14.0. The molecule has 2 aliphatic heterocycles. The van der Waals surface area contributed by atoms with Gasteiger partial charge in [-0.1, -0.05) is 60.7 Å². The van der Waals surface area contributed by atoms with Crippen molar-refractivity contribution in [2.75, 3.05) is 0 Å². The van der Waals surface area contributed by atoms with Crippen LogP contribution in [0, 0.1) is 0 Å². The summed E-state index contributed by atoms with van der Waals surface area (Å²) in [5.41, 5.74) is 2.73. The number of hydrogen-bond donors (Lipinski definition) is 1. The molecule has 2 saturated heterocycles. The molecule has 2 heteroatoms. The van der Waals surface area contributed by atoms with E-state index in [2.05, 4.69) is 65.6 Å². The number of fused-ring (bicyclic) bond motifs is 2. The second-order valence-corrected chi connectivity index (χ2v) is 6.68. The first-order valence-corrected chi connectivity index (χ1v) is 8.38. The van der Waals surface area contributed by atoms with Crippen LogP contribution in [0.25, 0.3) is 0 Å². The maximum Gasteiger partial charge on any atom is 0.0606 e. The van der Waals surface area contributed by atoms with Gasteiger partial charge in [-0.15, -0.1) is 0 Å². The summed E-state index contributed by atoms with van der Waals surface area (Å²) in [5.74, 6) is 0. The standard InChI is InChI=1S/C20H23NO/c22-19-13-17-11-12-18(14-19)21(17)20(15-7-3-1-4-8-15)16-9-5-2-6-10-16/h1-10,17-20,22H,11-14H2/t17-,18+,19?. The molecule has 2 nitrogen and oxygen atoms in total. The van der Waals surface area contributed by atoms with Gasteiger partial charge in [0.15, 0.2) is 0 Å². The molecule has 0 amide bonds. The molecule has 2 bridgehead atoms. The summed E-state index contributed by atoms with van der Waals surface area (Å²) in [6, 6.07) is 23.0. The van der Waals surface area contributed by atoms with E-state index >= 15 is 0 Å². The van der Waals surface area contributed by atoms with Crippen molar-refractivity contribution in [2.24, 2.45) is 0 Å². The predicted molar refractivity (Wildman–Crippen MR) is 88.6 cm³/mol. The van der Waals surface area contributed by atoms with Gasteiger partial charge in [0, 0.05) is 12.1 Å². The fraction of sp³-hybridized carbons (Fsp3) is 0.400. The lowest BCUT2D eigenvalue weighted by Gasteiger charge is -2.43. The number of hydrogen-bond acceptors (Lipinski definition) is 2. The average Bonchev–Trinajstić information content (AvgIpc) is 2.81. The zero-order valence-electron chi connectivity index (χ0n) is 12.8. The Morgan fingerprint density at radius 2 is 1.23 bits per heavy atom. The van der Waals surface area contributed by atoms with Crippen LogP contribution in [0.4, 0.5) is 0 Å². The van der Waals surface area contributed by atoms with E-state index in [-0.39, 0.29) is 6.10 Å². The van der Waals surface area contributed by atoms with Gasteiger partial charge < -0.3 is 5.11 Å². The third kappa shape index (κ3) is 2.47. The third-order valence-corrected chi connectivity index (χ3v) is 5.29. The number of aliphatic hydroxyl groups excluding tert-OH is 1. The van der Waals surface area contributed by atoms with E-state index in [0.717, 1.165) is 12.8 Å². The molecule has 1 N–H and O–H groups in total. The largest absolute Gasteiger partial charge is 0.393 e. The quantitative estimate of drug-likeness (QED) is 0.931. The summed E-state index contributed by atoms with van der Waals surface area (Å²) < 4.78 is 0. The molecule has 22 heavy (non-hydrogen) atoms. The molecule has 114 valence electrons. The Balaban J connectivity index is 1.76. The minimum atomic E-state index is -0.110. The summed E-state index contributed by atoms with van der Waals surface area (Å²) in [6.07, 6.45) is 4.18. The van der Waals surface area contributed by atoms with Gasteiger partial charge in [-0.05, 0) is 36.8 Å². The van der Waals surface area contributed by atoms with Gasteiger partial charge in [-0.2, -0.15) is 0 Å². The molecule has 0 aromatic heterocycles. The minimum absolute atomic E-state index is 0.110. The molecule has 2 aliphatic rings. The fourth-order valence-electron chi connectivity index (χ4n) is 4.41. The molecule has 0 aliphatic carbocycles. The second-order valence-electron chi connectivity index (χ2n) is 6.68. The Morgan fingerprint density at radius 1 is 0.773 bits per heavy atom. The highest BCUT2D eigenvalue weighted by atomic mass is 16.3. The van der Waals surface area contributed by atoms with Gasteiger partial charge in [0.1, 0.15) is 0 Å². The zero-order valence-corrected chi connectivity index (χ0v) is 12.8. The van der Waals surface area contributed by atoms with Crippen LogP contribution in [0.1, 0.15) is 42.9 Å². The summed E-state index contributed by atoms with van der Waals surface area (Å²) in [4.78, 5) is 2.68. The average molecular weight is 293 g/mol. The Labute approximate surface area is 132 Å². The predicted octanol–water partition coefficient (Wildman–Crippen LogP) is 3.76. The topological polar surface area (TPSA) is 23.5 Å². The van der Waals surface area contributed by atoms with Crippen LogP contribution < -0.4 is 0 Å².